The molecule has 0 aromatic heterocycles. The number of alkyl carbamates (subject to hydrolysis) is 1. The van der Waals surface area contributed by atoms with Crippen molar-refractivity contribution in [2.24, 2.45) is 5.41 Å². The van der Waals surface area contributed by atoms with Crippen molar-refractivity contribution < 1.29 is 47.3 Å². The molecule has 1 heterocycles. The summed E-state index contributed by atoms with van der Waals surface area (Å²) < 4.78 is 47.2. The van der Waals surface area contributed by atoms with E-state index in [0.29, 0.717) is 0 Å². The van der Waals surface area contributed by atoms with Gasteiger partial charge in [0.05, 0.1) is 35.5 Å². The number of amides is 2. The minimum Gasteiger partial charge on any atom is -0.495 e. The quantitative estimate of drug-likeness (QED) is 0.124. The summed E-state index contributed by atoms with van der Waals surface area (Å²) in [4.78, 5) is 49.5. The van der Waals surface area contributed by atoms with Crippen molar-refractivity contribution in [3.8, 4) is 11.8 Å². The topological polar surface area (TPSA) is 176 Å². The molecule has 1 aliphatic heterocycles. The molecule has 1 saturated heterocycles. The number of hydrogen-bond donors (Lipinski definition) is 4. The second-order valence-electron chi connectivity index (χ2n) is 13.2. The molecule has 2 amide bonds. The average Bonchev–Trinajstić information content (AvgIpc) is 3.37. The molecule has 16 heteroatoms. The van der Waals surface area contributed by atoms with E-state index in [1.807, 2.05) is 26.1 Å². The fourth-order valence-corrected chi connectivity index (χ4v) is 6.61. The number of benzene rings is 3. The number of aliphatic carboxylic acids is 1. The normalized spacial score (nSPS) is 20.3. The molecule has 0 radical (unpaired) electrons. The SMILES string of the molecule is COc1cc(C(=O)OC(C)OC(=O)NCC(=O)O)ccc1NC(=O)[C@@H]1N[C@@H](CC(C)(C)C)[C@](C#N)(c2ccc(Cl)cc2F)[C@H]1c1cccc(Cl)c1F. The minimum absolute atomic E-state index is 0.000546. The van der Waals surface area contributed by atoms with E-state index >= 15 is 8.78 Å². The van der Waals surface area contributed by atoms with Gasteiger partial charge < -0.3 is 35.3 Å². The van der Waals surface area contributed by atoms with Gasteiger partial charge in [-0.05, 0) is 53.8 Å². The lowest BCUT2D eigenvalue weighted by Crippen LogP contribution is -2.45. The minimum atomic E-state index is -1.85. The van der Waals surface area contributed by atoms with Crippen LogP contribution in [0.1, 0.15) is 61.5 Å². The van der Waals surface area contributed by atoms with Gasteiger partial charge in [0.1, 0.15) is 29.3 Å². The number of carbonyl (C=O) groups is 4. The standard InChI is InChI=1S/C36H36Cl2F2N4O8/c1-18(52-34(49)42-16-28(45)46)51-33(48)19-9-12-25(26(13-19)50-5)43-32(47)31-29(21-7-6-8-23(38)30(21)40)36(17-41,27(44-31)15-35(2,3)4)22-11-10-20(37)14-24(22)39/h6-14,18,27,29,31,44H,15-16H2,1-5H3,(H,42,49)(H,43,47)(H,45,46)/t18?,27-,29-,31+,36-/m0/s1. The Morgan fingerprint density at radius 1 is 1.08 bits per heavy atom. The van der Waals surface area contributed by atoms with Gasteiger partial charge in [-0.15, -0.1) is 0 Å². The van der Waals surface area contributed by atoms with Crippen molar-refractivity contribution in [3.05, 3.63) is 93.0 Å². The first-order valence-corrected chi connectivity index (χ1v) is 16.6. The van der Waals surface area contributed by atoms with E-state index < -0.39 is 77.2 Å². The monoisotopic (exact) mass is 760 g/mol. The van der Waals surface area contributed by atoms with Gasteiger partial charge in [-0.2, -0.15) is 5.26 Å². The van der Waals surface area contributed by atoms with Gasteiger partial charge in [0.15, 0.2) is 0 Å². The van der Waals surface area contributed by atoms with Crippen LogP contribution in [0, 0.1) is 28.4 Å². The van der Waals surface area contributed by atoms with Crippen LogP contribution in [-0.2, 0) is 24.5 Å². The lowest BCUT2D eigenvalue weighted by molar-refractivity contribution is -0.136. The zero-order valence-corrected chi connectivity index (χ0v) is 30.2. The number of esters is 1. The molecule has 4 N–H and O–H groups in total. The summed E-state index contributed by atoms with van der Waals surface area (Å²) in [5, 5.41) is 27.4. The molecule has 1 aliphatic rings. The van der Waals surface area contributed by atoms with Crippen LogP contribution in [-0.4, -0.2) is 61.1 Å². The third-order valence-corrected chi connectivity index (χ3v) is 8.88. The third kappa shape index (κ3) is 8.72. The van der Waals surface area contributed by atoms with Crippen LogP contribution in [0.25, 0.3) is 0 Å². The van der Waals surface area contributed by atoms with E-state index in [2.05, 4.69) is 16.7 Å². The van der Waals surface area contributed by atoms with Crippen LogP contribution < -0.4 is 20.7 Å². The average molecular weight is 762 g/mol. The first-order valence-electron chi connectivity index (χ1n) is 15.8. The molecule has 1 unspecified atom stereocenters. The molecule has 0 bridgehead atoms. The highest BCUT2D eigenvalue weighted by Crippen LogP contribution is 2.53. The van der Waals surface area contributed by atoms with Gasteiger partial charge in [-0.25, -0.2) is 18.4 Å². The molecular weight excluding hydrogens is 725 g/mol. The van der Waals surface area contributed by atoms with Gasteiger partial charge in [-0.1, -0.05) is 62.2 Å². The van der Waals surface area contributed by atoms with E-state index in [0.717, 1.165) is 6.07 Å². The van der Waals surface area contributed by atoms with Crippen molar-refractivity contribution in [3.63, 3.8) is 0 Å². The van der Waals surface area contributed by atoms with Gasteiger partial charge in [-0.3, -0.25) is 9.59 Å². The van der Waals surface area contributed by atoms with Crippen LogP contribution in [0.15, 0.2) is 54.6 Å². The molecular formula is C36H36Cl2F2N4O8. The van der Waals surface area contributed by atoms with Crippen molar-refractivity contribution >= 4 is 52.8 Å². The summed E-state index contributed by atoms with van der Waals surface area (Å²) >= 11 is 12.3. The van der Waals surface area contributed by atoms with Gasteiger partial charge in [0, 0.05) is 29.5 Å². The summed E-state index contributed by atoms with van der Waals surface area (Å²) in [5.74, 6) is -6.00. The zero-order chi connectivity index (χ0) is 38.5. The Bertz CT molecular complexity index is 1920. The Morgan fingerprint density at radius 2 is 1.79 bits per heavy atom. The number of nitrogens with zero attached hydrogens (tertiary/aromatic N) is 1. The number of hydrogen-bond acceptors (Lipinski definition) is 9. The molecule has 276 valence electrons. The van der Waals surface area contributed by atoms with E-state index in [4.69, 9.17) is 42.5 Å². The number of nitrogens with one attached hydrogen (secondary N) is 3. The number of methoxy groups -OCH3 is 1. The number of rotatable bonds is 11. The molecule has 0 spiro atoms. The lowest BCUT2D eigenvalue weighted by Gasteiger charge is -2.37. The van der Waals surface area contributed by atoms with Gasteiger partial charge in [0.2, 0.25) is 12.2 Å². The van der Waals surface area contributed by atoms with Crippen LogP contribution in [0.3, 0.4) is 0 Å². The largest absolute Gasteiger partial charge is 0.495 e. The lowest BCUT2D eigenvalue weighted by atomic mass is 9.62. The molecule has 4 rings (SSSR count). The van der Waals surface area contributed by atoms with Crippen molar-refractivity contribution in [1.29, 1.82) is 5.26 Å². The Balaban J connectivity index is 1.72. The summed E-state index contributed by atoms with van der Waals surface area (Å²) in [6.45, 7) is 6.27. The maximum atomic E-state index is 16.0. The Morgan fingerprint density at radius 3 is 2.40 bits per heavy atom. The number of carbonyl (C=O) groups excluding carboxylic acids is 3. The third-order valence-electron chi connectivity index (χ3n) is 8.36. The smallest absolute Gasteiger partial charge is 0.410 e. The second kappa shape index (κ2) is 16.1. The summed E-state index contributed by atoms with van der Waals surface area (Å²) in [7, 11) is 1.28. The predicted molar refractivity (Wildman–Crippen MR) is 186 cm³/mol. The first-order chi connectivity index (χ1) is 24.4. The summed E-state index contributed by atoms with van der Waals surface area (Å²) in [5.41, 5.74) is -2.47. The second-order valence-corrected chi connectivity index (χ2v) is 14.1. The molecule has 3 aromatic rings. The fraction of sp³-hybridized carbons (Fsp3) is 0.361. The van der Waals surface area contributed by atoms with Crippen molar-refractivity contribution in [2.75, 3.05) is 19.0 Å². The maximum Gasteiger partial charge on any atom is 0.410 e. The number of carboxylic acids is 1. The van der Waals surface area contributed by atoms with Crippen LogP contribution >= 0.6 is 23.2 Å². The van der Waals surface area contributed by atoms with Crippen molar-refractivity contribution in [1.82, 2.24) is 10.6 Å². The number of anilines is 1. The summed E-state index contributed by atoms with van der Waals surface area (Å²) in [6.07, 6.45) is -2.27. The van der Waals surface area contributed by atoms with Crippen LogP contribution in [0.5, 0.6) is 5.75 Å². The highest BCUT2D eigenvalue weighted by Gasteiger charge is 2.61. The maximum absolute atomic E-state index is 16.0. The van der Waals surface area contributed by atoms with Gasteiger partial charge >= 0.3 is 18.0 Å². The van der Waals surface area contributed by atoms with Crippen LogP contribution in [0.4, 0.5) is 19.3 Å². The van der Waals surface area contributed by atoms with E-state index in [-0.39, 0.29) is 44.6 Å². The number of halogens is 4. The van der Waals surface area contributed by atoms with E-state index in [1.54, 1.807) is 0 Å². The molecule has 52 heavy (non-hydrogen) atoms. The highest BCUT2D eigenvalue weighted by molar-refractivity contribution is 6.31. The molecule has 12 nitrogen and oxygen atoms in total. The first kappa shape index (κ1) is 39.8. The highest BCUT2D eigenvalue weighted by atomic mass is 35.5. The summed E-state index contributed by atoms with van der Waals surface area (Å²) in [6, 6.07) is 12.0. The van der Waals surface area contributed by atoms with Crippen molar-refractivity contribution in [2.45, 2.75) is 63.8 Å². The van der Waals surface area contributed by atoms with E-state index in [9.17, 15) is 24.4 Å². The Labute approximate surface area is 308 Å². The van der Waals surface area contributed by atoms with Gasteiger partial charge in [0.25, 0.3) is 0 Å². The molecule has 1 fully saturated rings. The molecule has 0 aliphatic carbocycles. The fourth-order valence-electron chi connectivity index (χ4n) is 6.27. The predicted octanol–water partition coefficient (Wildman–Crippen LogP) is 6.55. The number of nitriles is 1. The Hall–Kier alpha value is -4.97. The molecule has 0 saturated carbocycles. The molecule has 3 aromatic carbocycles. The van der Waals surface area contributed by atoms with E-state index in [1.165, 1.54) is 62.6 Å². The molecule has 5 atom stereocenters. The number of ether oxygens (including phenoxy) is 3. The zero-order valence-electron chi connectivity index (χ0n) is 28.7. The van der Waals surface area contributed by atoms with Crippen LogP contribution in [0.2, 0.25) is 10.0 Å². The Kier molecular flexibility index (Phi) is 12.4. The number of carboxylic acid groups (broad SMARTS) is 1.